The summed E-state index contributed by atoms with van der Waals surface area (Å²) in [5.74, 6) is -0.189. The van der Waals surface area contributed by atoms with Crippen LogP contribution in [0.1, 0.15) is 18.1 Å². The third-order valence-electron chi connectivity index (χ3n) is 3.00. The zero-order chi connectivity index (χ0) is 15.8. The second kappa shape index (κ2) is 7.93. The third-order valence-corrected chi connectivity index (χ3v) is 3.00. The SMILES string of the molecule is CCc1ccc(OCC(=O)NN=Cc2ccccc2F)cc1. The molecule has 0 spiro atoms. The van der Waals surface area contributed by atoms with E-state index in [1.54, 1.807) is 18.2 Å². The fourth-order valence-corrected chi connectivity index (χ4v) is 1.76. The van der Waals surface area contributed by atoms with Crippen LogP contribution in [0.15, 0.2) is 53.6 Å². The highest BCUT2D eigenvalue weighted by molar-refractivity contribution is 5.83. The largest absolute Gasteiger partial charge is 0.484 e. The first-order valence-electron chi connectivity index (χ1n) is 6.97. The minimum absolute atomic E-state index is 0.153. The van der Waals surface area contributed by atoms with E-state index < -0.39 is 11.7 Å². The maximum Gasteiger partial charge on any atom is 0.277 e. The molecule has 5 heteroatoms. The zero-order valence-electron chi connectivity index (χ0n) is 12.3. The first-order chi connectivity index (χ1) is 10.7. The van der Waals surface area contributed by atoms with Crippen LogP contribution in [0.3, 0.4) is 0 Å². The summed E-state index contributed by atoms with van der Waals surface area (Å²) in [7, 11) is 0. The number of halogens is 1. The smallest absolute Gasteiger partial charge is 0.277 e. The van der Waals surface area contributed by atoms with Gasteiger partial charge in [-0.2, -0.15) is 5.10 Å². The van der Waals surface area contributed by atoms with Crippen LogP contribution in [-0.2, 0) is 11.2 Å². The molecule has 22 heavy (non-hydrogen) atoms. The number of carbonyl (C=O) groups excluding carboxylic acids is 1. The molecule has 0 saturated carbocycles. The van der Waals surface area contributed by atoms with Gasteiger partial charge < -0.3 is 4.74 Å². The van der Waals surface area contributed by atoms with Gasteiger partial charge in [-0.15, -0.1) is 0 Å². The number of rotatable bonds is 6. The summed E-state index contributed by atoms with van der Waals surface area (Å²) >= 11 is 0. The molecule has 0 atom stereocenters. The number of amides is 1. The van der Waals surface area contributed by atoms with Crippen LogP contribution in [0.2, 0.25) is 0 Å². The highest BCUT2D eigenvalue weighted by atomic mass is 19.1. The van der Waals surface area contributed by atoms with Gasteiger partial charge in [0.2, 0.25) is 0 Å². The highest BCUT2D eigenvalue weighted by Crippen LogP contribution is 2.12. The molecule has 2 rings (SSSR count). The van der Waals surface area contributed by atoms with Gasteiger partial charge in [0, 0.05) is 5.56 Å². The Bertz CT molecular complexity index is 654. The highest BCUT2D eigenvalue weighted by Gasteiger charge is 2.02. The normalized spacial score (nSPS) is 10.6. The summed E-state index contributed by atoms with van der Waals surface area (Å²) in [5.41, 5.74) is 3.79. The number of hydrogen-bond donors (Lipinski definition) is 1. The molecule has 0 aromatic heterocycles. The van der Waals surface area contributed by atoms with Crippen LogP contribution in [-0.4, -0.2) is 18.7 Å². The van der Waals surface area contributed by atoms with E-state index in [4.69, 9.17) is 4.74 Å². The molecule has 1 amide bonds. The summed E-state index contributed by atoms with van der Waals surface area (Å²) in [6.07, 6.45) is 2.20. The predicted octanol–water partition coefficient (Wildman–Crippen LogP) is 2.92. The summed E-state index contributed by atoms with van der Waals surface area (Å²) in [6.45, 7) is 1.91. The van der Waals surface area contributed by atoms with Crippen molar-refractivity contribution in [3.8, 4) is 5.75 Å². The van der Waals surface area contributed by atoms with Gasteiger partial charge in [-0.3, -0.25) is 4.79 Å². The monoisotopic (exact) mass is 300 g/mol. The summed E-state index contributed by atoms with van der Waals surface area (Å²) in [4.78, 5) is 11.6. The number of hydrogen-bond acceptors (Lipinski definition) is 3. The van der Waals surface area contributed by atoms with Crippen molar-refractivity contribution < 1.29 is 13.9 Å². The van der Waals surface area contributed by atoms with Crippen molar-refractivity contribution in [3.63, 3.8) is 0 Å². The van der Waals surface area contributed by atoms with Crippen LogP contribution >= 0.6 is 0 Å². The Labute approximate surface area is 128 Å². The number of carbonyl (C=O) groups is 1. The fourth-order valence-electron chi connectivity index (χ4n) is 1.76. The van der Waals surface area contributed by atoms with Crippen LogP contribution in [0.4, 0.5) is 4.39 Å². The first kappa shape index (κ1) is 15.7. The Kier molecular flexibility index (Phi) is 5.65. The van der Waals surface area contributed by atoms with Gasteiger partial charge in [0.1, 0.15) is 11.6 Å². The van der Waals surface area contributed by atoms with Gasteiger partial charge in [-0.05, 0) is 30.2 Å². The second-order valence-corrected chi connectivity index (χ2v) is 4.60. The predicted molar refractivity (Wildman–Crippen MR) is 83.5 cm³/mol. The molecule has 0 aliphatic carbocycles. The molecule has 0 radical (unpaired) electrons. The minimum atomic E-state index is -0.410. The molecular weight excluding hydrogens is 283 g/mol. The van der Waals surface area contributed by atoms with E-state index in [0.717, 1.165) is 6.42 Å². The zero-order valence-corrected chi connectivity index (χ0v) is 12.3. The molecule has 0 saturated heterocycles. The number of hydrazone groups is 1. The topological polar surface area (TPSA) is 50.7 Å². The standard InChI is InChI=1S/C17H17FN2O2/c1-2-13-7-9-15(10-8-13)22-12-17(21)20-19-11-14-5-3-4-6-16(14)18/h3-11H,2,12H2,1H3,(H,20,21). The van der Waals surface area contributed by atoms with E-state index in [2.05, 4.69) is 17.5 Å². The lowest BCUT2D eigenvalue weighted by atomic mass is 10.2. The molecular formula is C17H17FN2O2. The molecule has 0 bridgehead atoms. The molecule has 114 valence electrons. The van der Waals surface area contributed by atoms with Crippen LogP contribution in [0, 0.1) is 5.82 Å². The van der Waals surface area contributed by atoms with E-state index in [9.17, 15) is 9.18 Å². The molecule has 0 heterocycles. The molecule has 4 nitrogen and oxygen atoms in total. The van der Waals surface area contributed by atoms with Crippen molar-refractivity contribution in [3.05, 3.63) is 65.5 Å². The van der Waals surface area contributed by atoms with Crippen molar-refractivity contribution >= 4 is 12.1 Å². The summed E-state index contributed by atoms with van der Waals surface area (Å²) in [6, 6.07) is 13.7. The van der Waals surface area contributed by atoms with E-state index in [-0.39, 0.29) is 6.61 Å². The van der Waals surface area contributed by atoms with Crippen LogP contribution in [0.25, 0.3) is 0 Å². The Hall–Kier alpha value is -2.69. The van der Waals surface area contributed by atoms with Crippen LogP contribution < -0.4 is 10.2 Å². The van der Waals surface area contributed by atoms with Crippen molar-refractivity contribution in [2.75, 3.05) is 6.61 Å². The van der Waals surface area contributed by atoms with Gasteiger partial charge in [-0.25, -0.2) is 9.82 Å². The number of ether oxygens (including phenoxy) is 1. The van der Waals surface area contributed by atoms with Crippen molar-refractivity contribution in [1.29, 1.82) is 0 Å². The van der Waals surface area contributed by atoms with E-state index >= 15 is 0 Å². The number of benzene rings is 2. The van der Waals surface area contributed by atoms with Gasteiger partial charge >= 0.3 is 0 Å². The molecule has 0 aliphatic heterocycles. The quantitative estimate of drug-likeness (QED) is 0.659. The lowest BCUT2D eigenvalue weighted by molar-refractivity contribution is -0.123. The Morgan fingerprint density at radius 2 is 1.95 bits per heavy atom. The Balaban J connectivity index is 1.79. The van der Waals surface area contributed by atoms with Gasteiger partial charge in [-0.1, -0.05) is 37.3 Å². The number of aryl methyl sites for hydroxylation is 1. The minimum Gasteiger partial charge on any atom is -0.484 e. The average molecular weight is 300 g/mol. The maximum absolute atomic E-state index is 13.3. The van der Waals surface area contributed by atoms with E-state index in [1.807, 2.05) is 24.3 Å². The average Bonchev–Trinajstić information content (AvgIpc) is 2.55. The number of nitrogens with zero attached hydrogens (tertiary/aromatic N) is 1. The van der Waals surface area contributed by atoms with Gasteiger partial charge in [0.05, 0.1) is 6.21 Å². The summed E-state index contributed by atoms with van der Waals surface area (Å²) < 4.78 is 18.7. The maximum atomic E-state index is 13.3. The van der Waals surface area contributed by atoms with E-state index in [1.165, 1.54) is 17.8 Å². The molecule has 2 aromatic carbocycles. The number of nitrogens with one attached hydrogen (secondary N) is 1. The van der Waals surface area contributed by atoms with Gasteiger partial charge in [0.15, 0.2) is 6.61 Å². The Morgan fingerprint density at radius 1 is 1.23 bits per heavy atom. The van der Waals surface area contributed by atoms with E-state index in [0.29, 0.717) is 11.3 Å². The third kappa shape index (κ3) is 4.70. The van der Waals surface area contributed by atoms with Crippen molar-refractivity contribution in [2.45, 2.75) is 13.3 Å². The van der Waals surface area contributed by atoms with Crippen molar-refractivity contribution in [2.24, 2.45) is 5.10 Å². The van der Waals surface area contributed by atoms with Gasteiger partial charge in [0.25, 0.3) is 5.91 Å². The fraction of sp³-hybridized carbons (Fsp3) is 0.176. The Morgan fingerprint density at radius 3 is 2.64 bits per heavy atom. The van der Waals surface area contributed by atoms with Crippen molar-refractivity contribution in [1.82, 2.24) is 5.43 Å². The summed E-state index contributed by atoms with van der Waals surface area (Å²) in [5, 5.41) is 3.70. The molecule has 0 fully saturated rings. The first-order valence-corrected chi connectivity index (χ1v) is 6.97. The molecule has 1 N–H and O–H groups in total. The molecule has 2 aromatic rings. The lowest BCUT2D eigenvalue weighted by Crippen LogP contribution is -2.24. The lowest BCUT2D eigenvalue weighted by Gasteiger charge is -2.05. The molecule has 0 aliphatic rings. The molecule has 0 unspecified atom stereocenters. The van der Waals surface area contributed by atoms with Crippen LogP contribution in [0.5, 0.6) is 5.75 Å². The second-order valence-electron chi connectivity index (χ2n) is 4.60.